The molecule has 1 atom stereocenters. The Morgan fingerprint density at radius 3 is 2.56 bits per heavy atom. The van der Waals surface area contributed by atoms with Crippen molar-refractivity contribution < 1.29 is 4.79 Å². The zero-order valence-electron chi connectivity index (χ0n) is 9.99. The van der Waals surface area contributed by atoms with Crippen molar-refractivity contribution in [3.63, 3.8) is 0 Å². The Morgan fingerprint density at radius 2 is 2.06 bits per heavy atom. The maximum absolute atomic E-state index is 11.5. The number of rotatable bonds is 5. The van der Waals surface area contributed by atoms with Crippen molar-refractivity contribution in [1.82, 2.24) is 5.32 Å². The lowest BCUT2D eigenvalue weighted by Crippen LogP contribution is -2.28. The molecule has 0 aliphatic rings. The molecule has 0 saturated carbocycles. The van der Waals surface area contributed by atoms with Gasteiger partial charge in [-0.25, -0.2) is 0 Å². The molecule has 16 heavy (non-hydrogen) atoms. The lowest BCUT2D eigenvalue weighted by molar-refractivity contribution is -0.124. The molecule has 2 heteroatoms. The third kappa shape index (κ3) is 3.54. The van der Waals surface area contributed by atoms with E-state index in [0.717, 1.165) is 17.5 Å². The van der Waals surface area contributed by atoms with Crippen LogP contribution in [0.5, 0.6) is 0 Å². The largest absolute Gasteiger partial charge is 0.352 e. The third-order valence-electron chi connectivity index (χ3n) is 2.74. The first kappa shape index (κ1) is 12.5. The van der Waals surface area contributed by atoms with Crippen molar-refractivity contribution in [2.75, 3.05) is 0 Å². The Morgan fingerprint density at radius 1 is 1.44 bits per heavy atom. The van der Waals surface area contributed by atoms with Crippen molar-refractivity contribution in [2.45, 2.75) is 26.8 Å². The zero-order valence-corrected chi connectivity index (χ0v) is 9.99. The number of amides is 1. The van der Waals surface area contributed by atoms with Crippen molar-refractivity contribution in [1.29, 1.82) is 0 Å². The predicted molar refractivity (Wildman–Crippen MR) is 67.8 cm³/mol. The highest BCUT2D eigenvalue weighted by Crippen LogP contribution is 2.06. The van der Waals surface area contributed by atoms with E-state index < -0.39 is 0 Å². The van der Waals surface area contributed by atoms with Crippen LogP contribution in [0.2, 0.25) is 0 Å². The molecule has 0 heterocycles. The minimum atomic E-state index is 0.0902. The minimum Gasteiger partial charge on any atom is -0.352 e. The first-order valence-corrected chi connectivity index (χ1v) is 5.66. The van der Waals surface area contributed by atoms with Crippen LogP contribution in [0, 0.1) is 5.92 Å². The molecule has 1 aromatic rings. The van der Waals surface area contributed by atoms with E-state index in [0.29, 0.717) is 6.54 Å². The molecule has 0 radical (unpaired) electrons. The topological polar surface area (TPSA) is 29.1 Å². The van der Waals surface area contributed by atoms with E-state index >= 15 is 0 Å². The molecular weight excluding hydrogens is 198 g/mol. The smallest absolute Gasteiger partial charge is 0.223 e. The average molecular weight is 217 g/mol. The highest BCUT2D eigenvalue weighted by Gasteiger charge is 2.08. The van der Waals surface area contributed by atoms with Gasteiger partial charge in [0.05, 0.1) is 0 Å². The average Bonchev–Trinajstić information content (AvgIpc) is 2.35. The summed E-state index contributed by atoms with van der Waals surface area (Å²) in [6, 6.07) is 8.01. The van der Waals surface area contributed by atoms with E-state index in [9.17, 15) is 4.79 Å². The molecule has 0 aliphatic heterocycles. The number of carbonyl (C=O) groups excluding carboxylic acids is 1. The second-order valence-electron chi connectivity index (χ2n) is 3.97. The molecule has 1 N–H and O–H groups in total. The van der Waals surface area contributed by atoms with Gasteiger partial charge in [0.2, 0.25) is 5.91 Å². The molecule has 0 fully saturated rings. The number of carbonyl (C=O) groups is 1. The molecule has 1 amide bonds. The van der Waals surface area contributed by atoms with Gasteiger partial charge < -0.3 is 5.32 Å². The van der Waals surface area contributed by atoms with Gasteiger partial charge in [-0.15, -0.1) is 0 Å². The minimum absolute atomic E-state index is 0.0902. The van der Waals surface area contributed by atoms with Crippen LogP contribution in [-0.4, -0.2) is 5.91 Å². The summed E-state index contributed by atoms with van der Waals surface area (Å²) in [6.07, 6.45) is 2.68. The van der Waals surface area contributed by atoms with Gasteiger partial charge in [0.15, 0.2) is 0 Å². The Labute approximate surface area is 97.4 Å². The van der Waals surface area contributed by atoms with Crippen LogP contribution < -0.4 is 5.32 Å². The van der Waals surface area contributed by atoms with Crippen molar-refractivity contribution in [2.24, 2.45) is 5.92 Å². The van der Waals surface area contributed by atoms with Gasteiger partial charge in [0, 0.05) is 12.5 Å². The summed E-state index contributed by atoms with van der Waals surface area (Å²) in [7, 11) is 0. The number of nitrogens with one attached hydrogen (secondary N) is 1. The van der Waals surface area contributed by atoms with Crippen LogP contribution in [0.25, 0.3) is 6.08 Å². The summed E-state index contributed by atoms with van der Waals surface area (Å²) in [6.45, 7) is 8.25. The fourth-order valence-corrected chi connectivity index (χ4v) is 1.32. The van der Waals surface area contributed by atoms with Crippen LogP contribution in [0.4, 0.5) is 0 Å². The maximum atomic E-state index is 11.5. The molecule has 1 rings (SSSR count). The molecule has 1 aromatic carbocycles. The summed E-state index contributed by atoms with van der Waals surface area (Å²) in [4.78, 5) is 11.5. The Balaban J connectivity index is 2.48. The lowest BCUT2D eigenvalue weighted by Gasteiger charge is -2.09. The van der Waals surface area contributed by atoms with Gasteiger partial charge in [-0.3, -0.25) is 4.79 Å². The Hall–Kier alpha value is -1.57. The number of hydrogen-bond donors (Lipinski definition) is 1. The normalized spacial score (nSPS) is 11.9. The van der Waals surface area contributed by atoms with Gasteiger partial charge in [0.25, 0.3) is 0 Å². The number of hydrogen-bond acceptors (Lipinski definition) is 1. The zero-order chi connectivity index (χ0) is 12.0. The fourth-order valence-electron chi connectivity index (χ4n) is 1.32. The Kier molecular flexibility index (Phi) is 4.77. The van der Waals surface area contributed by atoms with Crippen LogP contribution in [-0.2, 0) is 11.3 Å². The molecule has 2 nitrogen and oxygen atoms in total. The van der Waals surface area contributed by atoms with Crippen LogP contribution in [0.15, 0.2) is 30.8 Å². The molecule has 0 aromatic heterocycles. The second kappa shape index (κ2) is 6.11. The van der Waals surface area contributed by atoms with E-state index in [-0.39, 0.29) is 11.8 Å². The van der Waals surface area contributed by atoms with E-state index in [1.807, 2.05) is 44.2 Å². The summed E-state index contributed by atoms with van der Waals surface area (Å²) >= 11 is 0. The van der Waals surface area contributed by atoms with E-state index in [2.05, 4.69) is 11.9 Å². The van der Waals surface area contributed by atoms with Gasteiger partial charge in [-0.2, -0.15) is 0 Å². The third-order valence-corrected chi connectivity index (χ3v) is 2.74. The quantitative estimate of drug-likeness (QED) is 0.807. The fraction of sp³-hybridized carbons (Fsp3) is 0.357. The van der Waals surface area contributed by atoms with Crippen molar-refractivity contribution >= 4 is 12.0 Å². The molecule has 86 valence electrons. The lowest BCUT2D eigenvalue weighted by atomic mass is 10.1. The van der Waals surface area contributed by atoms with Crippen LogP contribution >= 0.6 is 0 Å². The summed E-state index contributed by atoms with van der Waals surface area (Å²) < 4.78 is 0. The van der Waals surface area contributed by atoms with Gasteiger partial charge in [-0.05, 0) is 17.5 Å². The van der Waals surface area contributed by atoms with Crippen LogP contribution in [0.3, 0.4) is 0 Å². The van der Waals surface area contributed by atoms with E-state index in [4.69, 9.17) is 0 Å². The van der Waals surface area contributed by atoms with Gasteiger partial charge in [0.1, 0.15) is 0 Å². The molecule has 0 saturated heterocycles. The van der Waals surface area contributed by atoms with Gasteiger partial charge >= 0.3 is 0 Å². The SMILES string of the molecule is C=Cc1ccc(CNC(=O)C(C)CC)cc1. The first-order chi connectivity index (χ1) is 7.67. The molecule has 0 aliphatic carbocycles. The predicted octanol–water partition coefficient (Wildman–Crippen LogP) is 2.99. The summed E-state index contributed by atoms with van der Waals surface area (Å²) in [5, 5.41) is 2.92. The highest BCUT2D eigenvalue weighted by atomic mass is 16.1. The first-order valence-electron chi connectivity index (χ1n) is 5.66. The van der Waals surface area contributed by atoms with Crippen LogP contribution in [0.1, 0.15) is 31.4 Å². The molecule has 0 bridgehead atoms. The van der Waals surface area contributed by atoms with Gasteiger partial charge in [-0.1, -0.05) is 50.8 Å². The van der Waals surface area contributed by atoms with E-state index in [1.54, 1.807) is 0 Å². The maximum Gasteiger partial charge on any atom is 0.223 e. The molecule has 0 spiro atoms. The second-order valence-corrected chi connectivity index (χ2v) is 3.97. The highest BCUT2D eigenvalue weighted by molar-refractivity contribution is 5.78. The number of benzene rings is 1. The van der Waals surface area contributed by atoms with E-state index in [1.165, 1.54) is 0 Å². The monoisotopic (exact) mass is 217 g/mol. The summed E-state index contributed by atoms with van der Waals surface area (Å²) in [5.74, 6) is 0.211. The molecular formula is C14H19NO. The Bertz CT molecular complexity index is 354. The standard InChI is InChI=1S/C14H19NO/c1-4-11(3)14(16)15-10-13-8-6-12(5-2)7-9-13/h5-9,11H,2,4,10H2,1,3H3,(H,15,16). The molecule has 1 unspecified atom stereocenters. The summed E-state index contributed by atoms with van der Waals surface area (Å²) in [5.41, 5.74) is 2.21. The van der Waals surface area contributed by atoms with Crippen molar-refractivity contribution in [3.8, 4) is 0 Å². The van der Waals surface area contributed by atoms with Crippen molar-refractivity contribution in [3.05, 3.63) is 42.0 Å².